The molecule has 1 aromatic heterocycles. The number of hydrogen-bond donors (Lipinski definition) is 1. The quantitative estimate of drug-likeness (QED) is 0.819. The van der Waals surface area contributed by atoms with E-state index in [1.807, 2.05) is 0 Å². The fourth-order valence-electron chi connectivity index (χ4n) is 2.46. The number of aryl methyl sites for hydroxylation is 1. The third kappa shape index (κ3) is 3.28. The van der Waals surface area contributed by atoms with Crippen LogP contribution in [0.1, 0.15) is 35.0 Å². The molecule has 0 unspecified atom stereocenters. The van der Waals surface area contributed by atoms with E-state index >= 15 is 0 Å². The second-order valence-electron chi connectivity index (χ2n) is 5.33. The van der Waals surface area contributed by atoms with Crippen molar-refractivity contribution in [1.29, 1.82) is 0 Å². The molecule has 0 fully saturated rings. The van der Waals surface area contributed by atoms with Gasteiger partial charge in [0.15, 0.2) is 0 Å². The predicted octanol–water partition coefficient (Wildman–Crippen LogP) is 3.01. The maximum Gasteiger partial charge on any atom is 0.0665 e. The summed E-state index contributed by atoms with van der Waals surface area (Å²) in [5, 5.41) is 8.03. The van der Waals surface area contributed by atoms with Crippen molar-refractivity contribution in [1.82, 2.24) is 15.1 Å². The highest BCUT2D eigenvalue weighted by atomic mass is 15.3. The number of aromatic nitrogens is 2. The van der Waals surface area contributed by atoms with Crippen LogP contribution in [-0.2, 0) is 13.0 Å². The van der Waals surface area contributed by atoms with Gasteiger partial charge in [0.05, 0.1) is 12.2 Å². The molecule has 1 N–H and O–H groups in total. The van der Waals surface area contributed by atoms with Gasteiger partial charge in [-0.25, -0.2) is 0 Å². The van der Waals surface area contributed by atoms with Crippen LogP contribution in [0.15, 0.2) is 24.3 Å². The molecule has 0 saturated heterocycles. The van der Waals surface area contributed by atoms with Crippen molar-refractivity contribution in [2.45, 2.75) is 40.7 Å². The lowest BCUT2D eigenvalue weighted by molar-refractivity contribution is 0.648. The molecule has 3 nitrogen and oxygen atoms in total. The summed E-state index contributed by atoms with van der Waals surface area (Å²) in [5.74, 6) is 0. The Bertz CT molecular complexity index is 570. The molecule has 0 aliphatic heterocycles. The van der Waals surface area contributed by atoms with Crippen LogP contribution in [-0.4, -0.2) is 22.9 Å². The van der Waals surface area contributed by atoms with Crippen LogP contribution >= 0.6 is 0 Å². The second kappa shape index (κ2) is 6.71. The average molecular weight is 271 g/mol. The van der Waals surface area contributed by atoms with Crippen LogP contribution < -0.4 is 5.32 Å². The van der Waals surface area contributed by atoms with Gasteiger partial charge in [0.25, 0.3) is 0 Å². The predicted molar refractivity (Wildman–Crippen MR) is 84.2 cm³/mol. The number of nitrogens with one attached hydrogen (secondary N) is 1. The molecule has 0 radical (unpaired) electrons. The summed E-state index contributed by atoms with van der Waals surface area (Å²) in [4.78, 5) is 0. The maximum absolute atomic E-state index is 4.64. The summed E-state index contributed by atoms with van der Waals surface area (Å²) in [5.41, 5.74) is 6.49. The van der Waals surface area contributed by atoms with Crippen LogP contribution in [0.4, 0.5) is 0 Å². The fraction of sp³-hybridized carbons (Fsp3) is 0.471. The summed E-state index contributed by atoms with van der Waals surface area (Å²) in [7, 11) is 0. The zero-order chi connectivity index (χ0) is 14.5. The van der Waals surface area contributed by atoms with Crippen molar-refractivity contribution >= 4 is 0 Å². The summed E-state index contributed by atoms with van der Waals surface area (Å²) in [6.45, 7) is 11.4. The SMILES string of the molecule is CCNCCc1ccccc1Cn1nc(C)c(C)c1C. The Balaban J connectivity index is 2.18. The molecule has 2 rings (SSSR count). The lowest BCUT2D eigenvalue weighted by Gasteiger charge is -2.11. The van der Waals surface area contributed by atoms with Gasteiger partial charge in [-0.1, -0.05) is 31.2 Å². The molecule has 3 heteroatoms. The van der Waals surface area contributed by atoms with Gasteiger partial charge in [-0.15, -0.1) is 0 Å². The number of hydrogen-bond acceptors (Lipinski definition) is 2. The van der Waals surface area contributed by atoms with E-state index < -0.39 is 0 Å². The van der Waals surface area contributed by atoms with E-state index in [4.69, 9.17) is 0 Å². The lowest BCUT2D eigenvalue weighted by atomic mass is 10.0. The first-order valence-electron chi connectivity index (χ1n) is 7.41. The largest absolute Gasteiger partial charge is 0.317 e. The van der Waals surface area contributed by atoms with E-state index in [0.29, 0.717) is 0 Å². The molecule has 0 amide bonds. The molecule has 108 valence electrons. The Morgan fingerprint density at radius 1 is 1.10 bits per heavy atom. The zero-order valence-electron chi connectivity index (χ0n) is 13.0. The Labute approximate surface area is 122 Å². The number of rotatable bonds is 6. The van der Waals surface area contributed by atoms with Gasteiger partial charge in [0, 0.05) is 5.69 Å². The fourth-order valence-corrected chi connectivity index (χ4v) is 2.46. The second-order valence-corrected chi connectivity index (χ2v) is 5.33. The van der Waals surface area contributed by atoms with Gasteiger partial charge in [-0.3, -0.25) is 4.68 Å². The first-order valence-corrected chi connectivity index (χ1v) is 7.41. The molecule has 2 aromatic rings. The molecule has 20 heavy (non-hydrogen) atoms. The Morgan fingerprint density at radius 2 is 1.80 bits per heavy atom. The number of nitrogens with zero attached hydrogens (tertiary/aromatic N) is 2. The normalized spacial score (nSPS) is 11.0. The third-order valence-corrected chi connectivity index (χ3v) is 4.00. The molecule has 0 aliphatic carbocycles. The van der Waals surface area contributed by atoms with Crippen LogP contribution in [0.25, 0.3) is 0 Å². The average Bonchev–Trinajstić information content (AvgIpc) is 2.68. The minimum Gasteiger partial charge on any atom is -0.317 e. The van der Waals surface area contributed by atoms with Crippen LogP contribution in [0, 0.1) is 20.8 Å². The first-order chi connectivity index (χ1) is 9.63. The monoisotopic (exact) mass is 271 g/mol. The summed E-state index contributed by atoms with van der Waals surface area (Å²) >= 11 is 0. The van der Waals surface area contributed by atoms with Crippen molar-refractivity contribution < 1.29 is 0 Å². The minimum absolute atomic E-state index is 0.864. The van der Waals surface area contributed by atoms with Gasteiger partial charge >= 0.3 is 0 Å². The molecule has 1 heterocycles. The number of likely N-dealkylation sites (N-methyl/N-ethyl adjacent to an activating group) is 1. The first kappa shape index (κ1) is 14.8. The van der Waals surface area contributed by atoms with E-state index in [0.717, 1.165) is 31.7 Å². The summed E-state index contributed by atoms with van der Waals surface area (Å²) in [6.07, 6.45) is 1.07. The van der Waals surface area contributed by atoms with Crippen molar-refractivity contribution in [3.63, 3.8) is 0 Å². The highest BCUT2D eigenvalue weighted by Gasteiger charge is 2.09. The van der Waals surface area contributed by atoms with E-state index in [1.54, 1.807) is 0 Å². The van der Waals surface area contributed by atoms with Crippen molar-refractivity contribution in [2.24, 2.45) is 0 Å². The molecular formula is C17H25N3. The van der Waals surface area contributed by atoms with Gasteiger partial charge in [-0.05, 0) is 57.0 Å². The van der Waals surface area contributed by atoms with E-state index in [2.05, 4.69) is 67.1 Å². The molecule has 0 aliphatic rings. The third-order valence-electron chi connectivity index (χ3n) is 4.00. The molecule has 0 atom stereocenters. The van der Waals surface area contributed by atoms with Crippen molar-refractivity contribution in [3.8, 4) is 0 Å². The van der Waals surface area contributed by atoms with Gasteiger partial charge in [0.1, 0.15) is 0 Å². The topological polar surface area (TPSA) is 29.9 Å². The summed E-state index contributed by atoms with van der Waals surface area (Å²) in [6, 6.07) is 8.68. The standard InChI is InChI=1S/C17H25N3/c1-5-18-11-10-16-8-6-7-9-17(16)12-20-15(4)13(2)14(3)19-20/h6-9,18H,5,10-12H2,1-4H3. The van der Waals surface area contributed by atoms with Crippen LogP contribution in [0.5, 0.6) is 0 Å². The van der Waals surface area contributed by atoms with E-state index in [1.165, 1.54) is 22.4 Å². The van der Waals surface area contributed by atoms with Crippen molar-refractivity contribution in [2.75, 3.05) is 13.1 Å². The maximum atomic E-state index is 4.64. The van der Waals surface area contributed by atoms with Gasteiger partial charge in [0.2, 0.25) is 0 Å². The van der Waals surface area contributed by atoms with Gasteiger partial charge in [-0.2, -0.15) is 5.10 Å². The van der Waals surface area contributed by atoms with Crippen molar-refractivity contribution in [3.05, 3.63) is 52.3 Å². The highest BCUT2D eigenvalue weighted by molar-refractivity contribution is 5.29. The Kier molecular flexibility index (Phi) is 4.96. The molecule has 0 bridgehead atoms. The molecule has 0 saturated carbocycles. The summed E-state index contributed by atoms with van der Waals surface area (Å²) < 4.78 is 2.12. The highest BCUT2D eigenvalue weighted by Crippen LogP contribution is 2.16. The van der Waals surface area contributed by atoms with E-state index in [9.17, 15) is 0 Å². The zero-order valence-corrected chi connectivity index (χ0v) is 13.0. The lowest BCUT2D eigenvalue weighted by Crippen LogP contribution is -2.17. The Morgan fingerprint density at radius 3 is 2.40 bits per heavy atom. The van der Waals surface area contributed by atoms with E-state index in [-0.39, 0.29) is 0 Å². The van der Waals surface area contributed by atoms with Crippen LogP contribution in [0.3, 0.4) is 0 Å². The van der Waals surface area contributed by atoms with Gasteiger partial charge < -0.3 is 5.32 Å². The molecule has 1 aromatic carbocycles. The molecule has 0 spiro atoms. The molecular weight excluding hydrogens is 246 g/mol. The smallest absolute Gasteiger partial charge is 0.0665 e. The minimum atomic E-state index is 0.864. The van der Waals surface area contributed by atoms with Crippen LogP contribution in [0.2, 0.25) is 0 Å². The number of benzene rings is 1. The Hall–Kier alpha value is -1.61.